The quantitative estimate of drug-likeness (QED) is 0.849. The van der Waals surface area contributed by atoms with Crippen molar-refractivity contribution in [2.45, 2.75) is 19.4 Å². The van der Waals surface area contributed by atoms with Gasteiger partial charge in [-0.1, -0.05) is 19.1 Å². The summed E-state index contributed by atoms with van der Waals surface area (Å²) in [6, 6.07) is 8.76. The van der Waals surface area contributed by atoms with Gasteiger partial charge >= 0.3 is 0 Å². The molecule has 0 N–H and O–H groups in total. The number of rotatable bonds is 2. The van der Waals surface area contributed by atoms with Crippen molar-refractivity contribution >= 4 is 5.82 Å². The summed E-state index contributed by atoms with van der Waals surface area (Å²) in [6.45, 7) is 3.02. The van der Waals surface area contributed by atoms with Gasteiger partial charge in [0.2, 0.25) is 0 Å². The van der Waals surface area contributed by atoms with Gasteiger partial charge in [0.05, 0.1) is 18.4 Å². The zero-order valence-corrected chi connectivity index (χ0v) is 11.7. The Balaban J connectivity index is 1.93. The summed E-state index contributed by atoms with van der Waals surface area (Å²) >= 11 is 0. The molecular weight excluding hydrogens is 267 g/mol. The lowest BCUT2D eigenvalue weighted by molar-refractivity contribution is 0.602. The normalized spacial score (nSPS) is 21.3. The molecular formula is C16H15FN4. The number of hydrogen-bond acceptors (Lipinski definition) is 4. The first-order valence-electron chi connectivity index (χ1n) is 6.91. The van der Waals surface area contributed by atoms with Crippen molar-refractivity contribution < 1.29 is 4.39 Å². The average molecular weight is 282 g/mol. The lowest BCUT2D eigenvalue weighted by Gasteiger charge is -2.25. The number of benzene rings is 1. The van der Waals surface area contributed by atoms with Gasteiger partial charge in [0.15, 0.2) is 5.69 Å². The number of anilines is 1. The van der Waals surface area contributed by atoms with Gasteiger partial charge in [0, 0.05) is 6.54 Å². The van der Waals surface area contributed by atoms with Gasteiger partial charge in [-0.2, -0.15) is 5.26 Å². The Labute approximate surface area is 122 Å². The summed E-state index contributed by atoms with van der Waals surface area (Å²) in [6.07, 6.45) is 4.04. The molecule has 1 aromatic carbocycles. The Bertz CT molecular complexity index is 677. The number of hydrogen-bond donors (Lipinski definition) is 0. The molecule has 2 heterocycles. The number of nitriles is 1. The lowest BCUT2D eigenvalue weighted by atomic mass is 10.0. The number of halogens is 1. The summed E-state index contributed by atoms with van der Waals surface area (Å²) in [4.78, 5) is 10.5. The molecule has 4 nitrogen and oxygen atoms in total. The first-order valence-corrected chi connectivity index (χ1v) is 6.91. The molecule has 1 aliphatic heterocycles. The maximum Gasteiger partial charge on any atom is 0.158 e. The molecule has 21 heavy (non-hydrogen) atoms. The Morgan fingerprint density at radius 2 is 2.19 bits per heavy atom. The third-order valence-electron chi connectivity index (χ3n) is 3.79. The maximum absolute atomic E-state index is 13.5. The van der Waals surface area contributed by atoms with E-state index in [0.29, 0.717) is 11.6 Å². The van der Waals surface area contributed by atoms with Gasteiger partial charge in [0.1, 0.15) is 17.7 Å². The second-order valence-electron chi connectivity index (χ2n) is 5.44. The van der Waals surface area contributed by atoms with Crippen LogP contribution in [0.25, 0.3) is 0 Å². The Kier molecular flexibility index (Phi) is 3.53. The van der Waals surface area contributed by atoms with E-state index < -0.39 is 0 Å². The van der Waals surface area contributed by atoms with Crippen LogP contribution < -0.4 is 4.90 Å². The molecule has 0 spiro atoms. The number of nitrogens with zero attached hydrogens (tertiary/aromatic N) is 4. The molecule has 2 atom stereocenters. The highest BCUT2D eigenvalue weighted by molar-refractivity contribution is 5.43. The minimum absolute atomic E-state index is 0.0953. The number of aromatic nitrogens is 2. The fourth-order valence-electron chi connectivity index (χ4n) is 2.86. The Morgan fingerprint density at radius 3 is 2.86 bits per heavy atom. The van der Waals surface area contributed by atoms with Crippen LogP contribution >= 0.6 is 0 Å². The van der Waals surface area contributed by atoms with E-state index in [-0.39, 0.29) is 11.9 Å². The first-order chi connectivity index (χ1) is 10.2. The van der Waals surface area contributed by atoms with Crippen LogP contribution in [0.5, 0.6) is 0 Å². The predicted octanol–water partition coefficient (Wildman–Crippen LogP) is 3.07. The molecule has 3 rings (SSSR count). The Hall–Kier alpha value is -2.48. The van der Waals surface area contributed by atoms with E-state index in [4.69, 9.17) is 5.26 Å². The maximum atomic E-state index is 13.5. The predicted molar refractivity (Wildman–Crippen MR) is 77.0 cm³/mol. The lowest BCUT2D eigenvalue weighted by Crippen LogP contribution is -2.24. The first kappa shape index (κ1) is 13.5. The standard InChI is InChI=1S/C16H15FN4/c1-11-5-15(12-3-2-4-13(17)6-12)21(10-11)16-9-19-14(7-18)8-20-16/h2-4,6,8-9,11,15H,5,10H2,1H3. The molecule has 1 saturated heterocycles. The minimum Gasteiger partial charge on any atom is -0.348 e. The van der Waals surface area contributed by atoms with Gasteiger partial charge in [-0.3, -0.25) is 0 Å². The minimum atomic E-state index is -0.224. The van der Waals surface area contributed by atoms with Gasteiger partial charge in [0.25, 0.3) is 0 Å². The van der Waals surface area contributed by atoms with E-state index in [0.717, 1.165) is 24.3 Å². The monoisotopic (exact) mass is 282 g/mol. The Morgan fingerprint density at radius 1 is 1.33 bits per heavy atom. The molecule has 0 saturated carbocycles. The summed E-state index contributed by atoms with van der Waals surface area (Å²) in [5.74, 6) is 1.00. The molecule has 0 amide bonds. The van der Waals surface area contributed by atoms with Crippen LogP contribution in [0.15, 0.2) is 36.7 Å². The van der Waals surface area contributed by atoms with Gasteiger partial charge in [-0.05, 0) is 30.0 Å². The second-order valence-corrected chi connectivity index (χ2v) is 5.44. The highest BCUT2D eigenvalue weighted by atomic mass is 19.1. The summed E-state index contributed by atoms with van der Waals surface area (Å²) in [5.41, 5.74) is 1.25. The van der Waals surface area contributed by atoms with E-state index >= 15 is 0 Å². The molecule has 1 aromatic heterocycles. The van der Waals surface area contributed by atoms with Crippen molar-refractivity contribution in [3.63, 3.8) is 0 Å². The molecule has 0 aliphatic carbocycles. The van der Waals surface area contributed by atoms with Gasteiger partial charge in [-0.15, -0.1) is 0 Å². The van der Waals surface area contributed by atoms with E-state index in [1.165, 1.54) is 12.3 Å². The second kappa shape index (κ2) is 5.49. The highest BCUT2D eigenvalue weighted by Crippen LogP contribution is 2.37. The fourth-order valence-corrected chi connectivity index (χ4v) is 2.86. The van der Waals surface area contributed by atoms with E-state index in [1.54, 1.807) is 18.3 Å². The van der Waals surface area contributed by atoms with E-state index in [1.807, 2.05) is 12.1 Å². The van der Waals surface area contributed by atoms with E-state index in [2.05, 4.69) is 21.8 Å². The topological polar surface area (TPSA) is 52.8 Å². The largest absolute Gasteiger partial charge is 0.348 e. The van der Waals surface area contributed by atoms with Gasteiger partial charge in [-0.25, -0.2) is 14.4 Å². The van der Waals surface area contributed by atoms with Crippen LogP contribution in [0, 0.1) is 23.1 Å². The fraction of sp³-hybridized carbons (Fsp3) is 0.312. The molecule has 5 heteroatoms. The molecule has 2 unspecified atom stereocenters. The van der Waals surface area contributed by atoms with Crippen LogP contribution in [0.3, 0.4) is 0 Å². The molecule has 2 aromatic rings. The van der Waals surface area contributed by atoms with Crippen molar-refractivity contribution in [3.05, 3.63) is 53.7 Å². The smallest absolute Gasteiger partial charge is 0.158 e. The summed E-state index contributed by atoms with van der Waals surface area (Å²) in [5, 5.41) is 8.79. The van der Waals surface area contributed by atoms with Crippen LogP contribution in [0.4, 0.5) is 10.2 Å². The molecule has 106 valence electrons. The van der Waals surface area contributed by atoms with Crippen LogP contribution in [-0.4, -0.2) is 16.5 Å². The molecule has 0 radical (unpaired) electrons. The SMILES string of the molecule is CC1CC(c2cccc(F)c2)N(c2cnc(C#N)cn2)C1. The van der Waals surface area contributed by atoms with Crippen LogP contribution in [-0.2, 0) is 0 Å². The molecule has 1 aliphatic rings. The van der Waals surface area contributed by atoms with E-state index in [9.17, 15) is 4.39 Å². The average Bonchev–Trinajstić information content (AvgIpc) is 2.89. The zero-order valence-electron chi connectivity index (χ0n) is 11.7. The van der Waals surface area contributed by atoms with Crippen LogP contribution in [0.2, 0.25) is 0 Å². The molecule has 1 fully saturated rings. The van der Waals surface area contributed by atoms with Crippen molar-refractivity contribution in [1.29, 1.82) is 5.26 Å². The highest BCUT2D eigenvalue weighted by Gasteiger charge is 2.32. The van der Waals surface area contributed by atoms with Crippen molar-refractivity contribution in [2.75, 3.05) is 11.4 Å². The van der Waals surface area contributed by atoms with Crippen LogP contribution in [0.1, 0.15) is 30.6 Å². The third kappa shape index (κ3) is 2.70. The van der Waals surface area contributed by atoms with Crippen molar-refractivity contribution in [2.24, 2.45) is 5.92 Å². The van der Waals surface area contributed by atoms with Crippen molar-refractivity contribution in [3.8, 4) is 6.07 Å². The zero-order chi connectivity index (χ0) is 14.8. The summed E-state index contributed by atoms with van der Waals surface area (Å²) < 4.78 is 13.5. The third-order valence-corrected chi connectivity index (χ3v) is 3.79. The molecule has 0 bridgehead atoms. The van der Waals surface area contributed by atoms with Gasteiger partial charge < -0.3 is 4.90 Å². The van der Waals surface area contributed by atoms with Crippen molar-refractivity contribution in [1.82, 2.24) is 9.97 Å². The summed E-state index contributed by atoms with van der Waals surface area (Å²) in [7, 11) is 0.